The van der Waals surface area contributed by atoms with Crippen LogP contribution in [0.2, 0.25) is 0 Å². The van der Waals surface area contributed by atoms with Gasteiger partial charge in [-0.3, -0.25) is 4.79 Å². The molecule has 1 amide bonds. The van der Waals surface area contributed by atoms with Gasteiger partial charge in [0.25, 0.3) is 0 Å². The number of aromatic nitrogens is 2. The van der Waals surface area contributed by atoms with Crippen LogP contribution in [0.25, 0.3) is 11.0 Å². The average Bonchev–Trinajstić information content (AvgIpc) is 3.08. The van der Waals surface area contributed by atoms with Crippen molar-refractivity contribution in [3.8, 4) is 5.75 Å². The molecule has 160 valence electrons. The number of amides is 1. The number of aryl methyl sites for hydroxylation is 2. The molecule has 0 bridgehead atoms. The van der Waals surface area contributed by atoms with E-state index >= 15 is 0 Å². The molecule has 5 heteroatoms. The zero-order valence-electron chi connectivity index (χ0n) is 18.4. The van der Waals surface area contributed by atoms with Crippen molar-refractivity contribution in [2.24, 2.45) is 0 Å². The summed E-state index contributed by atoms with van der Waals surface area (Å²) in [5.41, 5.74) is 3.55. The monoisotopic (exact) mass is 407 g/mol. The van der Waals surface area contributed by atoms with Crippen LogP contribution in [0.3, 0.4) is 0 Å². The number of carbonyl (C=O) groups is 1. The fraction of sp³-hybridized carbons (Fsp3) is 0.440. The normalized spacial score (nSPS) is 11.2. The van der Waals surface area contributed by atoms with Crippen molar-refractivity contribution >= 4 is 16.9 Å². The second-order valence-corrected chi connectivity index (χ2v) is 8.03. The molecule has 0 spiro atoms. The zero-order chi connectivity index (χ0) is 21.3. The maximum atomic E-state index is 11.1. The number of hydrogen-bond donors (Lipinski definition) is 1. The number of nitrogens with zero attached hydrogens (tertiary/aromatic N) is 2. The van der Waals surface area contributed by atoms with Crippen molar-refractivity contribution in [3.63, 3.8) is 0 Å². The van der Waals surface area contributed by atoms with Gasteiger partial charge in [-0.05, 0) is 55.0 Å². The Morgan fingerprint density at radius 1 is 1.07 bits per heavy atom. The lowest BCUT2D eigenvalue weighted by molar-refractivity contribution is -0.118. The molecule has 5 nitrogen and oxygen atoms in total. The first-order valence-corrected chi connectivity index (χ1v) is 11.0. The average molecular weight is 408 g/mol. The molecule has 1 aromatic heterocycles. The molecule has 3 rings (SSSR count). The smallest absolute Gasteiger partial charge is 0.216 e. The number of nitrogens with one attached hydrogen (secondary N) is 1. The number of carbonyl (C=O) groups excluding carboxylic acids is 1. The third-order valence-electron chi connectivity index (χ3n) is 5.28. The van der Waals surface area contributed by atoms with E-state index in [2.05, 4.69) is 66.2 Å². The van der Waals surface area contributed by atoms with Crippen molar-refractivity contribution in [1.29, 1.82) is 0 Å². The fourth-order valence-corrected chi connectivity index (χ4v) is 3.59. The van der Waals surface area contributed by atoms with Crippen LogP contribution in [0, 0.1) is 0 Å². The van der Waals surface area contributed by atoms with E-state index in [9.17, 15) is 4.79 Å². The van der Waals surface area contributed by atoms with Crippen molar-refractivity contribution in [3.05, 3.63) is 59.9 Å². The SMILES string of the molecule is CC(=O)NCCCc1nc2ccccc2n1CCCCOc1ccc(C(C)C)cc1. The molecule has 3 aromatic rings. The second kappa shape index (κ2) is 10.8. The van der Waals surface area contributed by atoms with E-state index < -0.39 is 0 Å². The maximum absolute atomic E-state index is 11.1. The molecule has 1 heterocycles. The Hall–Kier alpha value is -2.82. The van der Waals surface area contributed by atoms with E-state index in [1.807, 2.05) is 6.07 Å². The van der Waals surface area contributed by atoms with E-state index in [4.69, 9.17) is 9.72 Å². The van der Waals surface area contributed by atoms with Gasteiger partial charge in [-0.25, -0.2) is 4.98 Å². The summed E-state index contributed by atoms with van der Waals surface area (Å²) in [5.74, 6) is 2.58. The van der Waals surface area contributed by atoms with Crippen LogP contribution in [-0.4, -0.2) is 28.6 Å². The van der Waals surface area contributed by atoms with Crippen LogP contribution < -0.4 is 10.1 Å². The van der Waals surface area contributed by atoms with Gasteiger partial charge in [-0.1, -0.05) is 38.1 Å². The van der Waals surface area contributed by atoms with Crippen LogP contribution in [0.1, 0.15) is 57.3 Å². The molecule has 0 atom stereocenters. The standard InChI is InChI=1S/C25H33N3O2/c1-19(2)21-12-14-22(15-13-21)30-18-7-6-17-28-24-10-5-4-9-23(24)27-25(28)11-8-16-26-20(3)29/h4-5,9-10,12-15,19H,6-8,11,16-18H2,1-3H3,(H,26,29). The molecule has 0 aliphatic carbocycles. The van der Waals surface area contributed by atoms with E-state index in [0.29, 0.717) is 19.1 Å². The number of benzene rings is 2. The molecule has 0 saturated carbocycles. The summed E-state index contributed by atoms with van der Waals surface area (Å²) in [6.07, 6.45) is 3.76. The number of unbranched alkanes of at least 4 members (excludes halogenated alkanes) is 1. The molecule has 0 aliphatic rings. The summed E-state index contributed by atoms with van der Waals surface area (Å²) in [5, 5.41) is 2.86. The largest absolute Gasteiger partial charge is 0.494 e. The highest BCUT2D eigenvalue weighted by atomic mass is 16.5. The van der Waals surface area contributed by atoms with E-state index in [0.717, 1.165) is 49.3 Å². The lowest BCUT2D eigenvalue weighted by Gasteiger charge is -2.11. The van der Waals surface area contributed by atoms with Crippen LogP contribution in [0.15, 0.2) is 48.5 Å². The first-order valence-electron chi connectivity index (χ1n) is 11.0. The number of imidazole rings is 1. The molecule has 2 aromatic carbocycles. The van der Waals surface area contributed by atoms with E-state index in [1.54, 1.807) is 6.92 Å². The highest BCUT2D eigenvalue weighted by Crippen LogP contribution is 2.20. The topological polar surface area (TPSA) is 56.2 Å². The van der Waals surface area contributed by atoms with Crippen molar-refractivity contribution < 1.29 is 9.53 Å². The quantitative estimate of drug-likeness (QED) is 0.451. The Morgan fingerprint density at radius 3 is 2.57 bits per heavy atom. The Bertz CT molecular complexity index is 945. The maximum Gasteiger partial charge on any atom is 0.216 e. The van der Waals surface area contributed by atoms with Gasteiger partial charge in [-0.15, -0.1) is 0 Å². The van der Waals surface area contributed by atoms with Gasteiger partial charge >= 0.3 is 0 Å². The molecular formula is C25H33N3O2. The second-order valence-electron chi connectivity index (χ2n) is 8.03. The van der Waals surface area contributed by atoms with Gasteiger partial charge in [0.15, 0.2) is 0 Å². The molecular weight excluding hydrogens is 374 g/mol. The van der Waals surface area contributed by atoms with Gasteiger partial charge in [0.1, 0.15) is 11.6 Å². The Kier molecular flexibility index (Phi) is 7.89. The summed E-state index contributed by atoms with van der Waals surface area (Å²) >= 11 is 0. The van der Waals surface area contributed by atoms with Crippen molar-refractivity contribution in [2.45, 2.75) is 58.9 Å². The molecule has 0 saturated heterocycles. The van der Waals surface area contributed by atoms with Gasteiger partial charge in [0.2, 0.25) is 5.91 Å². The summed E-state index contributed by atoms with van der Waals surface area (Å²) in [7, 11) is 0. The third-order valence-corrected chi connectivity index (χ3v) is 5.28. The minimum atomic E-state index is 0.0161. The summed E-state index contributed by atoms with van der Waals surface area (Å²) in [4.78, 5) is 15.9. The van der Waals surface area contributed by atoms with E-state index in [-0.39, 0.29) is 5.91 Å². The van der Waals surface area contributed by atoms with Gasteiger partial charge < -0.3 is 14.6 Å². The first kappa shape index (κ1) is 21.9. The molecule has 0 aliphatic heterocycles. The highest BCUT2D eigenvalue weighted by molar-refractivity contribution is 5.76. The predicted molar refractivity (Wildman–Crippen MR) is 122 cm³/mol. The molecule has 0 unspecified atom stereocenters. The van der Waals surface area contributed by atoms with Crippen LogP contribution in [-0.2, 0) is 17.8 Å². The molecule has 1 N–H and O–H groups in total. The number of para-hydroxylation sites is 2. The number of hydrogen-bond acceptors (Lipinski definition) is 3. The lowest BCUT2D eigenvalue weighted by Crippen LogP contribution is -2.21. The molecule has 0 radical (unpaired) electrons. The predicted octanol–water partition coefficient (Wildman–Crippen LogP) is 5.09. The number of fused-ring (bicyclic) bond motifs is 1. The Morgan fingerprint density at radius 2 is 1.83 bits per heavy atom. The summed E-state index contributed by atoms with van der Waals surface area (Å²) < 4.78 is 8.23. The molecule has 30 heavy (non-hydrogen) atoms. The van der Waals surface area contributed by atoms with Crippen molar-refractivity contribution in [2.75, 3.05) is 13.2 Å². The van der Waals surface area contributed by atoms with Crippen LogP contribution in [0.4, 0.5) is 0 Å². The Balaban J connectivity index is 1.51. The summed E-state index contributed by atoms with van der Waals surface area (Å²) in [6.45, 7) is 8.27. The first-order chi connectivity index (χ1) is 14.5. The minimum absolute atomic E-state index is 0.0161. The van der Waals surface area contributed by atoms with Gasteiger partial charge in [0.05, 0.1) is 17.6 Å². The minimum Gasteiger partial charge on any atom is -0.494 e. The highest BCUT2D eigenvalue weighted by Gasteiger charge is 2.10. The zero-order valence-corrected chi connectivity index (χ0v) is 18.4. The van der Waals surface area contributed by atoms with Gasteiger partial charge in [0, 0.05) is 26.4 Å². The Labute approximate surface area is 179 Å². The fourth-order valence-electron chi connectivity index (χ4n) is 3.59. The molecule has 0 fully saturated rings. The lowest BCUT2D eigenvalue weighted by atomic mass is 10.0. The summed E-state index contributed by atoms with van der Waals surface area (Å²) in [6, 6.07) is 16.7. The van der Waals surface area contributed by atoms with Crippen LogP contribution >= 0.6 is 0 Å². The number of ether oxygens (including phenoxy) is 1. The van der Waals surface area contributed by atoms with Crippen LogP contribution in [0.5, 0.6) is 5.75 Å². The number of rotatable bonds is 11. The third kappa shape index (κ3) is 6.09. The van der Waals surface area contributed by atoms with Crippen molar-refractivity contribution in [1.82, 2.24) is 14.9 Å². The van der Waals surface area contributed by atoms with E-state index in [1.165, 1.54) is 11.1 Å². The van der Waals surface area contributed by atoms with Gasteiger partial charge in [-0.2, -0.15) is 0 Å².